The number of hydrogen-bond donors (Lipinski definition) is 2. The van der Waals surface area contributed by atoms with Crippen LogP contribution < -0.4 is 5.32 Å². The third-order valence-electron chi connectivity index (χ3n) is 4.11. The number of amides is 1. The number of carbonyl (C=O) groups excluding carboxylic acids is 1. The van der Waals surface area contributed by atoms with Gasteiger partial charge in [-0.3, -0.25) is 0 Å². The van der Waals surface area contributed by atoms with E-state index in [0.29, 0.717) is 0 Å². The molecular formula is C17H24N4O6. The fraction of sp³-hybridized carbons (Fsp3) is 0.588. The van der Waals surface area contributed by atoms with Gasteiger partial charge in [-0.1, -0.05) is 35.4 Å². The van der Waals surface area contributed by atoms with Crippen molar-refractivity contribution in [2.24, 2.45) is 5.11 Å². The Morgan fingerprint density at radius 2 is 2.15 bits per heavy atom. The first-order chi connectivity index (χ1) is 13.1. The molecule has 5 atom stereocenters. The summed E-state index contributed by atoms with van der Waals surface area (Å²) >= 11 is 0. The second-order valence-electron chi connectivity index (χ2n) is 5.96. The molecular weight excluding hydrogens is 356 g/mol. The van der Waals surface area contributed by atoms with Crippen molar-refractivity contribution in [3.63, 3.8) is 0 Å². The molecule has 0 saturated carbocycles. The zero-order valence-corrected chi connectivity index (χ0v) is 15.2. The molecule has 1 aliphatic heterocycles. The number of ether oxygens (including phenoxy) is 4. The van der Waals surface area contributed by atoms with E-state index in [1.807, 2.05) is 30.3 Å². The molecule has 0 aromatic heterocycles. The van der Waals surface area contributed by atoms with Gasteiger partial charge in [0.05, 0.1) is 24.9 Å². The minimum absolute atomic E-state index is 0.122. The van der Waals surface area contributed by atoms with Crippen LogP contribution in [0.1, 0.15) is 12.5 Å². The number of hydrogen-bond acceptors (Lipinski definition) is 7. The SMILES string of the molecule is CO[C@H]1[C@H](OCCNC(=O)OCc2ccccc2)O[C@H](C)[C@H](O)[C@H]1N=[N+]=[N-]. The lowest BCUT2D eigenvalue weighted by Crippen LogP contribution is -2.57. The normalized spacial score (nSPS) is 27.4. The Labute approximate surface area is 157 Å². The van der Waals surface area contributed by atoms with Crippen LogP contribution in [0.15, 0.2) is 35.4 Å². The molecule has 2 rings (SSSR count). The van der Waals surface area contributed by atoms with Crippen molar-refractivity contribution in [1.29, 1.82) is 0 Å². The van der Waals surface area contributed by atoms with Crippen LogP contribution in [-0.2, 0) is 25.6 Å². The van der Waals surface area contributed by atoms with Crippen LogP contribution in [-0.4, -0.2) is 62.1 Å². The molecule has 1 heterocycles. The van der Waals surface area contributed by atoms with Crippen molar-refractivity contribution < 1.29 is 28.8 Å². The van der Waals surface area contributed by atoms with Gasteiger partial charge >= 0.3 is 6.09 Å². The molecule has 148 valence electrons. The van der Waals surface area contributed by atoms with Gasteiger partial charge in [0.25, 0.3) is 0 Å². The molecule has 1 aromatic rings. The van der Waals surface area contributed by atoms with Crippen LogP contribution in [0.2, 0.25) is 0 Å². The highest BCUT2D eigenvalue weighted by atomic mass is 16.7. The quantitative estimate of drug-likeness (QED) is 0.305. The van der Waals surface area contributed by atoms with E-state index in [9.17, 15) is 9.90 Å². The van der Waals surface area contributed by atoms with Crippen LogP contribution in [0.3, 0.4) is 0 Å². The number of rotatable bonds is 8. The standard InChI is InChI=1S/C17H24N4O6/c1-11-14(22)13(20-21-18)15(24-2)16(27-11)25-9-8-19-17(23)26-10-12-6-4-3-5-7-12/h3-7,11,13-16,22H,8-10H2,1-2H3,(H,19,23)/t11-,13-,14+,15-,16-/m1/s1. The zero-order valence-electron chi connectivity index (χ0n) is 15.2. The molecule has 1 fully saturated rings. The first-order valence-electron chi connectivity index (χ1n) is 8.53. The second-order valence-corrected chi connectivity index (χ2v) is 5.96. The van der Waals surface area contributed by atoms with Gasteiger partial charge in [-0.15, -0.1) is 0 Å². The minimum atomic E-state index is -1.00. The van der Waals surface area contributed by atoms with Gasteiger partial charge in [-0.05, 0) is 18.0 Å². The Morgan fingerprint density at radius 3 is 2.81 bits per heavy atom. The van der Waals surface area contributed by atoms with Crippen LogP contribution in [0.5, 0.6) is 0 Å². The van der Waals surface area contributed by atoms with Gasteiger partial charge in [0.1, 0.15) is 12.7 Å². The Hall–Kier alpha value is -2.36. The van der Waals surface area contributed by atoms with Gasteiger partial charge < -0.3 is 29.4 Å². The summed E-state index contributed by atoms with van der Waals surface area (Å²) in [5.74, 6) is 0. The number of nitrogens with one attached hydrogen (secondary N) is 1. The van der Waals surface area contributed by atoms with Crippen LogP contribution in [0.4, 0.5) is 4.79 Å². The summed E-state index contributed by atoms with van der Waals surface area (Å²) in [6.07, 6.45) is -3.77. The molecule has 0 spiro atoms. The Balaban J connectivity index is 1.74. The van der Waals surface area contributed by atoms with Crippen molar-refractivity contribution >= 4 is 6.09 Å². The van der Waals surface area contributed by atoms with E-state index in [2.05, 4.69) is 15.3 Å². The Bertz CT molecular complexity index is 640. The first-order valence-corrected chi connectivity index (χ1v) is 8.53. The number of alkyl carbamates (subject to hydrolysis) is 1. The van der Waals surface area contributed by atoms with Crippen molar-refractivity contribution in [1.82, 2.24) is 5.32 Å². The molecule has 1 saturated heterocycles. The summed E-state index contributed by atoms with van der Waals surface area (Å²) in [6, 6.07) is 8.49. The summed E-state index contributed by atoms with van der Waals surface area (Å²) in [5.41, 5.74) is 9.57. The number of methoxy groups -OCH3 is 1. The summed E-state index contributed by atoms with van der Waals surface area (Å²) in [6.45, 7) is 2.13. The Morgan fingerprint density at radius 1 is 1.41 bits per heavy atom. The maximum Gasteiger partial charge on any atom is 0.407 e. The molecule has 10 nitrogen and oxygen atoms in total. The molecule has 0 unspecified atom stereocenters. The van der Waals surface area contributed by atoms with E-state index in [0.717, 1.165) is 5.56 Å². The topological polar surface area (TPSA) is 135 Å². The van der Waals surface area contributed by atoms with Gasteiger partial charge in [0.15, 0.2) is 6.29 Å². The van der Waals surface area contributed by atoms with E-state index in [4.69, 9.17) is 24.5 Å². The Kier molecular flexibility index (Phi) is 8.31. The number of aliphatic hydroxyl groups is 1. The summed E-state index contributed by atoms with van der Waals surface area (Å²) in [5, 5.41) is 16.2. The molecule has 2 N–H and O–H groups in total. The molecule has 1 aliphatic rings. The van der Waals surface area contributed by atoms with E-state index >= 15 is 0 Å². The van der Waals surface area contributed by atoms with E-state index < -0.39 is 36.7 Å². The smallest absolute Gasteiger partial charge is 0.407 e. The highest BCUT2D eigenvalue weighted by molar-refractivity contribution is 5.67. The van der Waals surface area contributed by atoms with Crippen LogP contribution >= 0.6 is 0 Å². The summed E-state index contributed by atoms with van der Waals surface area (Å²) in [4.78, 5) is 14.4. The maximum atomic E-state index is 11.7. The van der Waals surface area contributed by atoms with Crippen molar-refractivity contribution in [2.75, 3.05) is 20.3 Å². The maximum absolute atomic E-state index is 11.7. The van der Waals surface area contributed by atoms with E-state index in [1.165, 1.54) is 7.11 Å². The van der Waals surface area contributed by atoms with Crippen LogP contribution in [0, 0.1) is 0 Å². The molecule has 27 heavy (non-hydrogen) atoms. The predicted molar refractivity (Wildman–Crippen MR) is 94.7 cm³/mol. The molecule has 0 bridgehead atoms. The number of benzene rings is 1. The van der Waals surface area contributed by atoms with Crippen molar-refractivity contribution in [3.8, 4) is 0 Å². The lowest BCUT2D eigenvalue weighted by molar-refractivity contribution is -0.271. The van der Waals surface area contributed by atoms with Gasteiger partial charge in [0, 0.05) is 18.6 Å². The number of azide groups is 1. The molecule has 0 aliphatic carbocycles. The highest BCUT2D eigenvalue weighted by Crippen LogP contribution is 2.26. The largest absolute Gasteiger partial charge is 0.445 e. The number of carbonyl (C=O) groups is 1. The lowest BCUT2D eigenvalue weighted by atomic mass is 9.97. The first kappa shape index (κ1) is 20.9. The predicted octanol–water partition coefficient (Wildman–Crippen LogP) is 1.73. The lowest BCUT2D eigenvalue weighted by Gasteiger charge is -2.41. The molecule has 1 amide bonds. The van der Waals surface area contributed by atoms with Gasteiger partial charge in [0.2, 0.25) is 0 Å². The van der Waals surface area contributed by atoms with Crippen LogP contribution in [0.25, 0.3) is 10.4 Å². The van der Waals surface area contributed by atoms with E-state index in [1.54, 1.807) is 6.92 Å². The summed E-state index contributed by atoms with van der Waals surface area (Å²) in [7, 11) is 1.41. The van der Waals surface area contributed by atoms with Crippen molar-refractivity contribution in [2.45, 2.75) is 44.2 Å². The minimum Gasteiger partial charge on any atom is -0.445 e. The summed E-state index contributed by atoms with van der Waals surface area (Å²) < 4.78 is 21.5. The third kappa shape index (κ3) is 6.09. The van der Waals surface area contributed by atoms with Crippen molar-refractivity contribution in [3.05, 3.63) is 46.3 Å². The second kappa shape index (κ2) is 10.7. The zero-order chi connectivity index (χ0) is 19.6. The third-order valence-corrected chi connectivity index (χ3v) is 4.11. The monoisotopic (exact) mass is 380 g/mol. The number of aliphatic hydroxyl groups excluding tert-OH is 1. The molecule has 0 radical (unpaired) electrons. The fourth-order valence-corrected chi connectivity index (χ4v) is 2.68. The fourth-order valence-electron chi connectivity index (χ4n) is 2.68. The number of nitrogens with zero attached hydrogens (tertiary/aromatic N) is 3. The highest BCUT2D eigenvalue weighted by Gasteiger charge is 2.44. The molecule has 10 heteroatoms. The van der Waals surface area contributed by atoms with Gasteiger partial charge in [-0.25, -0.2) is 4.79 Å². The average molecular weight is 380 g/mol. The molecule has 1 aromatic carbocycles. The van der Waals surface area contributed by atoms with Gasteiger partial charge in [-0.2, -0.15) is 0 Å². The average Bonchev–Trinajstić information content (AvgIpc) is 2.68. The van der Waals surface area contributed by atoms with E-state index in [-0.39, 0.29) is 19.8 Å².